The van der Waals surface area contributed by atoms with Gasteiger partial charge in [-0.3, -0.25) is 9.78 Å². The molecular formula is C16H14FNO. The molecule has 0 aliphatic heterocycles. The molecule has 0 N–H and O–H groups in total. The molecule has 1 aromatic carbocycles. The molecule has 0 radical (unpaired) electrons. The summed E-state index contributed by atoms with van der Waals surface area (Å²) in [5.41, 5.74) is 2.69. The van der Waals surface area contributed by atoms with Crippen LogP contribution in [-0.2, 0) is 0 Å². The van der Waals surface area contributed by atoms with Crippen molar-refractivity contribution in [3.63, 3.8) is 0 Å². The highest BCUT2D eigenvalue weighted by Gasteiger charge is 2.12. The number of rotatable bonds is 3. The number of allylic oxidation sites excluding steroid dienone is 1. The first-order valence-electron chi connectivity index (χ1n) is 5.92. The second kappa shape index (κ2) is 5.14. The van der Waals surface area contributed by atoms with E-state index in [-0.39, 0.29) is 5.78 Å². The summed E-state index contributed by atoms with van der Waals surface area (Å²) in [6.07, 6.45) is 1.67. The average molecular weight is 255 g/mol. The van der Waals surface area contributed by atoms with E-state index >= 15 is 0 Å². The Morgan fingerprint density at radius 3 is 2.58 bits per heavy atom. The number of ketones is 1. The van der Waals surface area contributed by atoms with Crippen LogP contribution in [0, 0.1) is 12.7 Å². The number of pyridine rings is 1. The van der Waals surface area contributed by atoms with Gasteiger partial charge in [-0.05, 0) is 49.2 Å². The standard InChI is InChI=1S/C16H14FNO/c1-10(2)16(19)12-5-6-14(17)13(8-12)15-7-4-11(3)9-18-15/h4-9H,1H2,2-3H3. The van der Waals surface area contributed by atoms with Crippen molar-refractivity contribution in [3.8, 4) is 11.3 Å². The Morgan fingerprint density at radius 2 is 2.00 bits per heavy atom. The van der Waals surface area contributed by atoms with Gasteiger partial charge >= 0.3 is 0 Å². The Bertz CT molecular complexity index is 644. The van der Waals surface area contributed by atoms with Crippen LogP contribution in [0.3, 0.4) is 0 Å². The number of nitrogens with zero attached hydrogens (tertiary/aromatic N) is 1. The minimum absolute atomic E-state index is 0.187. The lowest BCUT2D eigenvalue weighted by atomic mass is 10.0. The smallest absolute Gasteiger partial charge is 0.188 e. The lowest BCUT2D eigenvalue weighted by molar-refractivity contribution is 0.103. The molecule has 96 valence electrons. The number of carbonyl (C=O) groups excluding carboxylic acids is 1. The van der Waals surface area contributed by atoms with Gasteiger partial charge in [0.25, 0.3) is 0 Å². The lowest BCUT2D eigenvalue weighted by Gasteiger charge is -2.06. The normalized spacial score (nSPS) is 10.3. The SMILES string of the molecule is C=C(C)C(=O)c1ccc(F)c(-c2ccc(C)cn2)c1. The van der Waals surface area contributed by atoms with Crippen LogP contribution in [0.2, 0.25) is 0 Å². The molecular weight excluding hydrogens is 241 g/mol. The zero-order valence-electron chi connectivity index (χ0n) is 10.9. The quantitative estimate of drug-likeness (QED) is 0.614. The first kappa shape index (κ1) is 13.1. The van der Waals surface area contributed by atoms with Gasteiger partial charge in [0.1, 0.15) is 5.82 Å². The third-order valence-corrected chi connectivity index (χ3v) is 2.80. The van der Waals surface area contributed by atoms with Crippen LogP contribution in [-0.4, -0.2) is 10.8 Å². The molecule has 1 heterocycles. The average Bonchev–Trinajstić information content (AvgIpc) is 2.39. The van der Waals surface area contributed by atoms with Crippen molar-refractivity contribution in [2.45, 2.75) is 13.8 Å². The second-order valence-electron chi connectivity index (χ2n) is 4.52. The maximum Gasteiger partial charge on any atom is 0.188 e. The molecule has 0 unspecified atom stereocenters. The molecule has 1 aromatic heterocycles. The fraction of sp³-hybridized carbons (Fsp3) is 0.125. The summed E-state index contributed by atoms with van der Waals surface area (Å²) in [7, 11) is 0. The van der Waals surface area contributed by atoms with Gasteiger partial charge < -0.3 is 0 Å². The molecule has 19 heavy (non-hydrogen) atoms. The van der Waals surface area contributed by atoms with Crippen LogP contribution in [0.4, 0.5) is 4.39 Å². The molecule has 0 fully saturated rings. The lowest BCUT2D eigenvalue weighted by Crippen LogP contribution is -2.01. The number of aromatic nitrogens is 1. The van der Waals surface area contributed by atoms with Gasteiger partial charge in [-0.2, -0.15) is 0 Å². The number of hydrogen-bond acceptors (Lipinski definition) is 2. The molecule has 0 saturated heterocycles. The molecule has 2 nitrogen and oxygen atoms in total. The van der Waals surface area contributed by atoms with E-state index in [9.17, 15) is 9.18 Å². The minimum Gasteiger partial charge on any atom is -0.289 e. The molecule has 0 aliphatic carbocycles. The van der Waals surface area contributed by atoms with Crippen LogP contribution in [0.15, 0.2) is 48.7 Å². The monoisotopic (exact) mass is 255 g/mol. The van der Waals surface area contributed by atoms with Crippen molar-refractivity contribution >= 4 is 5.78 Å². The van der Waals surface area contributed by atoms with E-state index in [1.807, 2.05) is 13.0 Å². The summed E-state index contributed by atoms with van der Waals surface area (Å²) in [6.45, 7) is 7.15. The van der Waals surface area contributed by atoms with Crippen LogP contribution in [0.25, 0.3) is 11.3 Å². The molecule has 3 heteroatoms. The van der Waals surface area contributed by atoms with Gasteiger partial charge in [0.2, 0.25) is 0 Å². The van der Waals surface area contributed by atoms with Gasteiger partial charge in [0.15, 0.2) is 5.78 Å². The zero-order valence-corrected chi connectivity index (χ0v) is 10.9. The van der Waals surface area contributed by atoms with Crippen molar-refractivity contribution < 1.29 is 9.18 Å². The van der Waals surface area contributed by atoms with E-state index in [0.717, 1.165) is 5.56 Å². The highest BCUT2D eigenvalue weighted by Crippen LogP contribution is 2.23. The van der Waals surface area contributed by atoms with Gasteiger partial charge in [-0.15, -0.1) is 0 Å². The van der Waals surface area contributed by atoms with Gasteiger partial charge in [-0.25, -0.2) is 4.39 Å². The van der Waals surface area contributed by atoms with E-state index in [1.54, 1.807) is 19.2 Å². The number of Topliss-reactive ketones (excluding diaryl/α,β-unsaturated/α-hetero) is 1. The Balaban J connectivity index is 2.51. The number of halogens is 1. The molecule has 0 saturated carbocycles. The molecule has 2 rings (SSSR count). The Morgan fingerprint density at radius 1 is 1.26 bits per heavy atom. The number of carbonyl (C=O) groups is 1. The Hall–Kier alpha value is -2.29. The largest absolute Gasteiger partial charge is 0.289 e. The van der Waals surface area contributed by atoms with Crippen molar-refractivity contribution in [2.75, 3.05) is 0 Å². The fourth-order valence-corrected chi connectivity index (χ4v) is 1.74. The highest BCUT2D eigenvalue weighted by atomic mass is 19.1. The zero-order chi connectivity index (χ0) is 14.0. The summed E-state index contributed by atoms with van der Waals surface area (Å²) in [5.74, 6) is -0.581. The molecule has 0 amide bonds. The summed E-state index contributed by atoms with van der Waals surface area (Å²) < 4.78 is 13.8. The van der Waals surface area contributed by atoms with E-state index < -0.39 is 5.82 Å². The van der Waals surface area contributed by atoms with Crippen LogP contribution in [0.5, 0.6) is 0 Å². The predicted octanol–water partition coefficient (Wildman–Crippen LogP) is 3.95. The number of aryl methyl sites for hydroxylation is 1. The Kier molecular flexibility index (Phi) is 3.56. The van der Waals surface area contributed by atoms with E-state index in [2.05, 4.69) is 11.6 Å². The van der Waals surface area contributed by atoms with Crippen molar-refractivity contribution in [3.05, 3.63) is 65.6 Å². The van der Waals surface area contributed by atoms with Crippen molar-refractivity contribution in [1.82, 2.24) is 4.98 Å². The van der Waals surface area contributed by atoms with Gasteiger partial charge in [0, 0.05) is 17.3 Å². The fourth-order valence-electron chi connectivity index (χ4n) is 1.74. The van der Waals surface area contributed by atoms with Crippen LogP contribution < -0.4 is 0 Å². The highest BCUT2D eigenvalue weighted by molar-refractivity contribution is 6.08. The maximum atomic E-state index is 13.8. The molecule has 0 spiro atoms. The topological polar surface area (TPSA) is 30.0 Å². The second-order valence-corrected chi connectivity index (χ2v) is 4.52. The summed E-state index contributed by atoms with van der Waals surface area (Å²) in [5, 5.41) is 0. The van der Waals surface area contributed by atoms with E-state index in [1.165, 1.54) is 18.2 Å². The van der Waals surface area contributed by atoms with Crippen LogP contribution in [0.1, 0.15) is 22.8 Å². The molecule has 0 atom stereocenters. The predicted molar refractivity (Wildman–Crippen MR) is 73.5 cm³/mol. The molecule has 0 bridgehead atoms. The van der Waals surface area contributed by atoms with E-state index in [0.29, 0.717) is 22.4 Å². The van der Waals surface area contributed by atoms with E-state index in [4.69, 9.17) is 0 Å². The third kappa shape index (κ3) is 2.76. The summed E-state index contributed by atoms with van der Waals surface area (Å²) >= 11 is 0. The first-order valence-corrected chi connectivity index (χ1v) is 5.92. The Labute approximate surface area is 111 Å². The summed E-state index contributed by atoms with van der Waals surface area (Å²) in [4.78, 5) is 16.0. The third-order valence-electron chi connectivity index (χ3n) is 2.80. The number of benzene rings is 1. The van der Waals surface area contributed by atoms with Gasteiger partial charge in [0.05, 0.1) is 5.69 Å². The van der Waals surface area contributed by atoms with Crippen molar-refractivity contribution in [2.24, 2.45) is 0 Å². The van der Waals surface area contributed by atoms with Crippen LogP contribution >= 0.6 is 0 Å². The minimum atomic E-state index is -0.394. The van der Waals surface area contributed by atoms with Crippen molar-refractivity contribution in [1.29, 1.82) is 0 Å². The molecule has 2 aromatic rings. The summed E-state index contributed by atoms with van der Waals surface area (Å²) in [6, 6.07) is 7.86. The number of hydrogen-bond donors (Lipinski definition) is 0. The van der Waals surface area contributed by atoms with Gasteiger partial charge in [-0.1, -0.05) is 12.6 Å². The maximum absolute atomic E-state index is 13.8. The first-order chi connectivity index (χ1) is 8.99. The molecule has 0 aliphatic rings.